The van der Waals surface area contributed by atoms with Gasteiger partial charge in [-0.15, -0.1) is 0 Å². The molecule has 5 rings (SSSR count). The third-order valence-corrected chi connectivity index (χ3v) is 4.84. The molecule has 26 heavy (non-hydrogen) atoms. The van der Waals surface area contributed by atoms with Gasteiger partial charge < -0.3 is 4.98 Å². The van der Waals surface area contributed by atoms with Crippen LogP contribution in [-0.2, 0) is 11.8 Å². The van der Waals surface area contributed by atoms with Crippen molar-refractivity contribution in [2.45, 2.75) is 11.8 Å². The zero-order valence-corrected chi connectivity index (χ0v) is 13.9. The standard InChI is InChI=1S/C20H16N6/c1-3-9-21-16(5-1)20(17-6-2-4-10-22-17)8-7-14-15(13-20)25-26-18(14)19-23-11-12-24-19/h1-12H,13H2,(H,23,24)(H,25,26). The summed E-state index contributed by atoms with van der Waals surface area (Å²) in [5.41, 5.74) is 4.45. The Kier molecular flexibility index (Phi) is 3.28. The molecule has 0 atom stereocenters. The summed E-state index contributed by atoms with van der Waals surface area (Å²) in [5.74, 6) is 0.760. The van der Waals surface area contributed by atoms with Crippen molar-refractivity contribution in [3.8, 4) is 11.5 Å². The molecule has 4 aromatic heterocycles. The Hall–Kier alpha value is -3.54. The summed E-state index contributed by atoms with van der Waals surface area (Å²) in [6.07, 6.45) is 12.2. The predicted octanol–water partition coefficient (Wildman–Crippen LogP) is 3.15. The molecule has 0 saturated heterocycles. The largest absolute Gasteiger partial charge is 0.343 e. The number of fused-ring (bicyclic) bond motifs is 1. The van der Waals surface area contributed by atoms with E-state index in [2.05, 4.69) is 42.3 Å². The molecule has 0 bridgehead atoms. The van der Waals surface area contributed by atoms with E-state index in [1.807, 2.05) is 48.8 Å². The number of aromatic amines is 2. The molecule has 126 valence electrons. The van der Waals surface area contributed by atoms with Gasteiger partial charge in [0.2, 0.25) is 0 Å². The highest BCUT2D eigenvalue weighted by Gasteiger charge is 2.39. The third-order valence-electron chi connectivity index (χ3n) is 4.84. The Balaban J connectivity index is 1.67. The van der Waals surface area contributed by atoms with Crippen LogP contribution in [0.25, 0.3) is 17.6 Å². The van der Waals surface area contributed by atoms with Gasteiger partial charge in [0.05, 0.1) is 16.8 Å². The van der Waals surface area contributed by atoms with E-state index >= 15 is 0 Å². The number of imidazole rings is 1. The number of hydrogen-bond acceptors (Lipinski definition) is 4. The summed E-state index contributed by atoms with van der Waals surface area (Å²) in [7, 11) is 0. The van der Waals surface area contributed by atoms with Gasteiger partial charge in [-0.3, -0.25) is 15.1 Å². The minimum atomic E-state index is -0.428. The monoisotopic (exact) mass is 340 g/mol. The van der Waals surface area contributed by atoms with Gasteiger partial charge >= 0.3 is 0 Å². The van der Waals surface area contributed by atoms with Gasteiger partial charge in [-0.1, -0.05) is 24.3 Å². The molecular weight excluding hydrogens is 324 g/mol. The lowest BCUT2D eigenvalue weighted by molar-refractivity contribution is 0.582. The minimum absolute atomic E-state index is 0.428. The first kappa shape index (κ1) is 14.8. The van der Waals surface area contributed by atoms with Crippen molar-refractivity contribution in [3.05, 3.63) is 89.9 Å². The molecule has 0 aliphatic heterocycles. The summed E-state index contributed by atoms with van der Waals surface area (Å²) in [4.78, 5) is 16.7. The quantitative estimate of drug-likeness (QED) is 0.600. The lowest BCUT2D eigenvalue weighted by Gasteiger charge is -2.32. The number of pyridine rings is 2. The van der Waals surface area contributed by atoms with Gasteiger partial charge in [0.1, 0.15) is 5.69 Å². The first-order chi connectivity index (χ1) is 12.9. The molecule has 0 spiro atoms. The van der Waals surface area contributed by atoms with Gasteiger partial charge in [-0.2, -0.15) is 5.10 Å². The van der Waals surface area contributed by atoms with E-state index in [4.69, 9.17) is 0 Å². The van der Waals surface area contributed by atoms with Gasteiger partial charge in [0, 0.05) is 42.5 Å². The molecule has 6 heteroatoms. The number of nitrogens with one attached hydrogen (secondary N) is 2. The summed E-state index contributed by atoms with van der Waals surface area (Å²) in [6.45, 7) is 0. The predicted molar refractivity (Wildman–Crippen MR) is 98.2 cm³/mol. The molecule has 4 heterocycles. The Labute approximate surface area is 150 Å². The third kappa shape index (κ3) is 2.19. The van der Waals surface area contributed by atoms with Crippen molar-refractivity contribution >= 4 is 6.08 Å². The molecule has 0 aromatic carbocycles. The number of nitrogens with zero attached hydrogens (tertiary/aromatic N) is 4. The van der Waals surface area contributed by atoms with Crippen molar-refractivity contribution in [3.63, 3.8) is 0 Å². The minimum Gasteiger partial charge on any atom is -0.343 e. The summed E-state index contributed by atoms with van der Waals surface area (Å²) in [6, 6.07) is 12.0. The number of aromatic nitrogens is 6. The number of rotatable bonds is 3. The van der Waals surface area contributed by atoms with Gasteiger partial charge in [-0.25, -0.2) is 4.98 Å². The van der Waals surface area contributed by atoms with Crippen LogP contribution in [-0.4, -0.2) is 30.1 Å². The second-order valence-electron chi connectivity index (χ2n) is 6.31. The first-order valence-corrected chi connectivity index (χ1v) is 8.46. The van der Waals surface area contributed by atoms with Crippen LogP contribution in [0.1, 0.15) is 22.6 Å². The van der Waals surface area contributed by atoms with E-state index in [1.54, 1.807) is 12.4 Å². The van der Waals surface area contributed by atoms with E-state index in [-0.39, 0.29) is 0 Å². The van der Waals surface area contributed by atoms with Crippen molar-refractivity contribution in [1.82, 2.24) is 30.1 Å². The fraction of sp³-hybridized carbons (Fsp3) is 0.100. The smallest absolute Gasteiger partial charge is 0.158 e. The lowest BCUT2D eigenvalue weighted by Crippen LogP contribution is -2.32. The Morgan fingerprint density at radius 1 is 0.885 bits per heavy atom. The number of allylic oxidation sites excluding steroid dienone is 1. The molecule has 0 radical (unpaired) electrons. The highest BCUT2D eigenvalue weighted by molar-refractivity contribution is 5.73. The van der Waals surface area contributed by atoms with Gasteiger partial charge in [-0.05, 0) is 24.3 Å². The molecule has 0 amide bonds. The van der Waals surface area contributed by atoms with E-state index in [0.717, 1.165) is 34.2 Å². The first-order valence-electron chi connectivity index (χ1n) is 8.46. The van der Waals surface area contributed by atoms with Gasteiger partial charge in [0.25, 0.3) is 0 Å². The lowest BCUT2D eigenvalue weighted by atomic mass is 9.72. The maximum Gasteiger partial charge on any atom is 0.158 e. The molecule has 0 saturated carbocycles. The van der Waals surface area contributed by atoms with E-state index in [1.165, 1.54) is 0 Å². The van der Waals surface area contributed by atoms with Gasteiger partial charge in [0.15, 0.2) is 5.82 Å². The maximum absolute atomic E-state index is 4.64. The van der Waals surface area contributed by atoms with Crippen LogP contribution in [0.3, 0.4) is 0 Å². The van der Waals surface area contributed by atoms with Crippen molar-refractivity contribution in [2.75, 3.05) is 0 Å². The average Bonchev–Trinajstić information content (AvgIpc) is 3.38. The van der Waals surface area contributed by atoms with Crippen LogP contribution in [0.4, 0.5) is 0 Å². The highest BCUT2D eigenvalue weighted by Crippen LogP contribution is 2.40. The molecule has 4 aromatic rings. The normalized spacial score (nSPS) is 14.9. The topological polar surface area (TPSA) is 83.1 Å². The average molecular weight is 340 g/mol. The molecular formula is C20H16N6. The fourth-order valence-electron chi connectivity index (χ4n) is 3.58. The molecule has 1 aliphatic rings. The molecule has 6 nitrogen and oxygen atoms in total. The second kappa shape index (κ2) is 5.77. The van der Waals surface area contributed by atoms with E-state index in [0.29, 0.717) is 6.42 Å². The molecule has 1 aliphatic carbocycles. The molecule has 2 N–H and O–H groups in total. The van der Waals surface area contributed by atoms with Crippen LogP contribution in [0.5, 0.6) is 0 Å². The van der Waals surface area contributed by atoms with Crippen LogP contribution < -0.4 is 0 Å². The Bertz CT molecular complexity index is 1010. The van der Waals surface area contributed by atoms with Crippen LogP contribution >= 0.6 is 0 Å². The zero-order chi connectivity index (χ0) is 17.4. The zero-order valence-electron chi connectivity index (χ0n) is 13.9. The van der Waals surface area contributed by atoms with Crippen LogP contribution in [0, 0.1) is 0 Å². The Morgan fingerprint density at radius 3 is 2.27 bits per heavy atom. The maximum atomic E-state index is 4.64. The summed E-state index contributed by atoms with van der Waals surface area (Å²) < 4.78 is 0. The highest BCUT2D eigenvalue weighted by atomic mass is 15.1. The van der Waals surface area contributed by atoms with Crippen molar-refractivity contribution < 1.29 is 0 Å². The van der Waals surface area contributed by atoms with E-state index in [9.17, 15) is 0 Å². The second-order valence-corrected chi connectivity index (χ2v) is 6.31. The SMILES string of the molecule is C1=CC(c2ccccn2)(c2ccccn2)Cc2[nH]nc(-c3ncc[nH]3)c21. The van der Waals surface area contributed by atoms with Crippen LogP contribution in [0.15, 0.2) is 67.3 Å². The molecule has 0 unspecified atom stereocenters. The van der Waals surface area contributed by atoms with Crippen molar-refractivity contribution in [2.24, 2.45) is 0 Å². The van der Waals surface area contributed by atoms with Crippen molar-refractivity contribution in [1.29, 1.82) is 0 Å². The Morgan fingerprint density at radius 2 is 1.65 bits per heavy atom. The number of hydrogen-bond donors (Lipinski definition) is 2. The van der Waals surface area contributed by atoms with E-state index < -0.39 is 5.41 Å². The summed E-state index contributed by atoms with van der Waals surface area (Å²) in [5, 5.41) is 7.67. The number of H-pyrrole nitrogens is 2. The summed E-state index contributed by atoms with van der Waals surface area (Å²) >= 11 is 0. The fourth-order valence-corrected chi connectivity index (χ4v) is 3.58. The molecule has 0 fully saturated rings. The van der Waals surface area contributed by atoms with Crippen LogP contribution in [0.2, 0.25) is 0 Å².